The maximum Gasteiger partial charge on any atom is 0.260 e. The van der Waals surface area contributed by atoms with E-state index in [1.54, 1.807) is 24.1 Å². The molecule has 2 heterocycles. The summed E-state index contributed by atoms with van der Waals surface area (Å²) >= 11 is 1.46. The second-order valence-electron chi connectivity index (χ2n) is 8.45. The van der Waals surface area contributed by atoms with Gasteiger partial charge in [0.15, 0.2) is 5.13 Å². The van der Waals surface area contributed by atoms with E-state index in [9.17, 15) is 13.2 Å². The first-order valence-corrected chi connectivity index (χ1v) is 14.2. The molecule has 0 bridgehead atoms. The number of hydrogen-bond donors (Lipinski definition) is 0. The van der Waals surface area contributed by atoms with Crippen LogP contribution in [0.5, 0.6) is 5.75 Å². The lowest BCUT2D eigenvalue weighted by molar-refractivity contribution is 0.0983. The summed E-state index contributed by atoms with van der Waals surface area (Å²) in [6.45, 7) is 8.25. The SMILES string of the molecule is CCN(CC)CCN(C(=O)c1ccc(S(=O)(=O)N2CCCC2)cc1)c1nc2cc(OC)ccc2s1.Cl. The van der Waals surface area contributed by atoms with E-state index in [1.807, 2.05) is 18.2 Å². The van der Waals surface area contributed by atoms with Gasteiger partial charge in [-0.1, -0.05) is 25.2 Å². The summed E-state index contributed by atoms with van der Waals surface area (Å²) in [6, 6.07) is 12.0. The highest BCUT2D eigenvalue weighted by Crippen LogP contribution is 2.32. The Hall–Kier alpha value is -2.24. The number of carbonyl (C=O) groups excluding carboxylic acids is 1. The Morgan fingerprint density at radius 1 is 1.06 bits per heavy atom. The van der Waals surface area contributed by atoms with E-state index in [0.717, 1.165) is 36.1 Å². The van der Waals surface area contributed by atoms with Crippen LogP contribution in [0, 0.1) is 0 Å². The molecule has 1 amide bonds. The van der Waals surface area contributed by atoms with E-state index in [4.69, 9.17) is 9.72 Å². The van der Waals surface area contributed by atoms with Crippen LogP contribution in [0.25, 0.3) is 10.2 Å². The predicted octanol–water partition coefficient (Wildman–Crippen LogP) is 4.50. The van der Waals surface area contributed by atoms with Crippen LogP contribution in [0.2, 0.25) is 0 Å². The summed E-state index contributed by atoms with van der Waals surface area (Å²) in [6.07, 6.45) is 1.76. The van der Waals surface area contributed by atoms with Crippen LogP contribution >= 0.6 is 23.7 Å². The molecule has 1 saturated heterocycles. The number of fused-ring (bicyclic) bond motifs is 1. The number of carbonyl (C=O) groups is 1. The zero-order chi connectivity index (χ0) is 25.0. The quantitative estimate of drug-likeness (QED) is 0.368. The van der Waals surface area contributed by atoms with Crippen molar-refractivity contribution in [2.24, 2.45) is 0 Å². The average molecular weight is 553 g/mol. The Kier molecular flexibility index (Phi) is 9.71. The molecule has 1 fully saturated rings. The molecule has 11 heteroatoms. The van der Waals surface area contributed by atoms with Crippen molar-refractivity contribution < 1.29 is 17.9 Å². The number of aromatic nitrogens is 1. The average Bonchev–Trinajstić information content (AvgIpc) is 3.57. The van der Waals surface area contributed by atoms with Crippen molar-refractivity contribution in [3.63, 3.8) is 0 Å². The number of sulfonamides is 1. The number of amides is 1. The molecule has 1 aromatic heterocycles. The van der Waals surface area contributed by atoms with E-state index < -0.39 is 10.0 Å². The molecule has 3 aromatic rings. The second kappa shape index (κ2) is 12.3. The molecule has 1 aliphatic heterocycles. The van der Waals surface area contributed by atoms with E-state index >= 15 is 0 Å². The Morgan fingerprint density at radius 2 is 1.72 bits per heavy atom. The van der Waals surface area contributed by atoms with Crippen molar-refractivity contribution >= 4 is 55.0 Å². The second-order valence-corrected chi connectivity index (χ2v) is 11.4. The molecular formula is C25H33ClN4O4S2. The van der Waals surface area contributed by atoms with Gasteiger partial charge in [0.25, 0.3) is 5.91 Å². The Bertz CT molecular complexity index is 1270. The molecule has 0 aliphatic carbocycles. The number of nitrogens with zero attached hydrogens (tertiary/aromatic N) is 4. The summed E-state index contributed by atoms with van der Waals surface area (Å²) in [5, 5.41) is 0.610. The minimum Gasteiger partial charge on any atom is -0.497 e. The highest BCUT2D eigenvalue weighted by Gasteiger charge is 2.28. The molecule has 1 aliphatic rings. The predicted molar refractivity (Wildman–Crippen MR) is 147 cm³/mol. The van der Waals surface area contributed by atoms with E-state index in [-0.39, 0.29) is 23.2 Å². The number of anilines is 1. The molecule has 8 nitrogen and oxygen atoms in total. The molecule has 0 N–H and O–H groups in total. The number of hydrogen-bond acceptors (Lipinski definition) is 7. The summed E-state index contributed by atoms with van der Waals surface area (Å²) in [7, 11) is -1.91. The third-order valence-electron chi connectivity index (χ3n) is 6.40. The van der Waals surface area contributed by atoms with Crippen molar-refractivity contribution in [3.8, 4) is 5.75 Å². The molecule has 0 saturated carbocycles. The van der Waals surface area contributed by atoms with Gasteiger partial charge in [-0.25, -0.2) is 13.4 Å². The first-order valence-electron chi connectivity index (χ1n) is 12.0. The van der Waals surface area contributed by atoms with Gasteiger partial charge in [0.2, 0.25) is 10.0 Å². The number of benzene rings is 2. The van der Waals surface area contributed by atoms with Crippen LogP contribution in [-0.2, 0) is 10.0 Å². The fourth-order valence-corrected chi connectivity index (χ4v) is 6.69. The van der Waals surface area contributed by atoms with Crippen molar-refractivity contribution in [1.29, 1.82) is 0 Å². The van der Waals surface area contributed by atoms with Gasteiger partial charge in [-0.05, 0) is 62.3 Å². The maximum atomic E-state index is 13.6. The van der Waals surface area contributed by atoms with Crippen molar-refractivity contribution in [2.45, 2.75) is 31.6 Å². The molecule has 36 heavy (non-hydrogen) atoms. The Labute approximate surface area is 223 Å². The number of methoxy groups -OCH3 is 1. The monoisotopic (exact) mass is 552 g/mol. The molecule has 196 valence electrons. The number of likely N-dealkylation sites (N-methyl/N-ethyl adjacent to an activating group) is 1. The van der Waals surface area contributed by atoms with Gasteiger partial charge in [0, 0.05) is 37.8 Å². The third kappa shape index (κ3) is 6.00. The lowest BCUT2D eigenvalue weighted by Gasteiger charge is -2.25. The van der Waals surface area contributed by atoms with Gasteiger partial charge in [0.05, 0.1) is 22.2 Å². The molecule has 0 spiro atoms. The zero-order valence-corrected chi connectivity index (χ0v) is 23.3. The van der Waals surface area contributed by atoms with Crippen LogP contribution in [-0.4, -0.2) is 74.9 Å². The van der Waals surface area contributed by atoms with Crippen LogP contribution < -0.4 is 9.64 Å². The van der Waals surface area contributed by atoms with Gasteiger partial charge in [-0.15, -0.1) is 12.4 Å². The van der Waals surface area contributed by atoms with Gasteiger partial charge in [-0.2, -0.15) is 4.31 Å². The normalized spacial score (nSPS) is 14.2. The third-order valence-corrected chi connectivity index (χ3v) is 9.37. The van der Waals surface area contributed by atoms with Crippen molar-refractivity contribution in [3.05, 3.63) is 48.0 Å². The number of rotatable bonds is 10. The highest BCUT2D eigenvalue weighted by molar-refractivity contribution is 7.89. The first-order chi connectivity index (χ1) is 16.9. The minimum atomic E-state index is -3.53. The molecule has 0 radical (unpaired) electrons. The summed E-state index contributed by atoms with van der Waals surface area (Å²) < 4.78 is 33.5. The van der Waals surface area contributed by atoms with Gasteiger partial charge in [0.1, 0.15) is 5.75 Å². The minimum absolute atomic E-state index is 0. The fraction of sp³-hybridized carbons (Fsp3) is 0.440. The number of halogens is 1. The van der Waals surface area contributed by atoms with Crippen LogP contribution in [0.4, 0.5) is 5.13 Å². The van der Waals surface area contributed by atoms with E-state index in [1.165, 1.54) is 27.8 Å². The fourth-order valence-electron chi connectivity index (χ4n) is 4.21. The standard InChI is InChI=1S/C25H32N4O4S2.ClH/c1-4-27(5-2)16-17-29(25-26-22-18-20(33-3)10-13-23(22)34-25)24(30)19-8-11-21(12-9-19)35(31,32)28-14-6-7-15-28;/h8-13,18H,4-7,14-17H2,1-3H3;1H. The molecule has 2 aromatic carbocycles. The van der Waals surface area contributed by atoms with Crippen LogP contribution in [0.15, 0.2) is 47.4 Å². The van der Waals surface area contributed by atoms with Crippen molar-refractivity contribution in [2.75, 3.05) is 51.3 Å². The van der Waals surface area contributed by atoms with Gasteiger partial charge in [-0.3, -0.25) is 9.69 Å². The smallest absolute Gasteiger partial charge is 0.260 e. The summed E-state index contributed by atoms with van der Waals surface area (Å²) in [5.74, 6) is 0.512. The Morgan fingerprint density at radius 3 is 2.33 bits per heavy atom. The van der Waals surface area contributed by atoms with E-state index in [0.29, 0.717) is 42.6 Å². The van der Waals surface area contributed by atoms with Crippen LogP contribution in [0.1, 0.15) is 37.0 Å². The maximum absolute atomic E-state index is 13.6. The highest BCUT2D eigenvalue weighted by atomic mass is 35.5. The lowest BCUT2D eigenvalue weighted by atomic mass is 10.2. The number of thiazole rings is 1. The summed E-state index contributed by atoms with van der Waals surface area (Å²) in [4.78, 5) is 22.5. The van der Waals surface area contributed by atoms with Gasteiger partial charge < -0.3 is 9.64 Å². The first kappa shape index (κ1) is 28.3. The lowest BCUT2D eigenvalue weighted by Crippen LogP contribution is -2.38. The van der Waals surface area contributed by atoms with E-state index in [2.05, 4.69) is 18.7 Å². The molecular weight excluding hydrogens is 520 g/mol. The summed E-state index contributed by atoms with van der Waals surface area (Å²) in [5.41, 5.74) is 1.21. The zero-order valence-electron chi connectivity index (χ0n) is 20.8. The topological polar surface area (TPSA) is 83.1 Å². The van der Waals surface area contributed by atoms with Gasteiger partial charge >= 0.3 is 0 Å². The molecule has 0 unspecified atom stereocenters. The molecule has 0 atom stereocenters. The van der Waals surface area contributed by atoms with Crippen LogP contribution in [0.3, 0.4) is 0 Å². The largest absolute Gasteiger partial charge is 0.497 e. The Balaban J connectivity index is 0.00000361. The molecule has 4 rings (SSSR count). The number of ether oxygens (including phenoxy) is 1. The van der Waals surface area contributed by atoms with Crippen molar-refractivity contribution in [1.82, 2.24) is 14.2 Å².